The van der Waals surface area contributed by atoms with Gasteiger partial charge < -0.3 is 15.2 Å². The molecule has 0 aliphatic rings. The Labute approximate surface area is 103 Å². The highest BCUT2D eigenvalue weighted by molar-refractivity contribution is 6.32. The van der Waals surface area contributed by atoms with Gasteiger partial charge in [-0.15, -0.1) is 0 Å². The molecule has 0 aliphatic carbocycles. The summed E-state index contributed by atoms with van der Waals surface area (Å²) >= 11 is 5.78. The lowest BCUT2D eigenvalue weighted by atomic mass is 10.1. The van der Waals surface area contributed by atoms with Gasteiger partial charge in [-0.3, -0.25) is 0 Å². The third-order valence-electron chi connectivity index (χ3n) is 1.99. The molecule has 0 saturated carbocycles. The zero-order chi connectivity index (χ0) is 13.1. The number of hydrogen-bond acceptors (Lipinski definition) is 3. The maximum atomic E-state index is 11.4. The fourth-order valence-electron chi connectivity index (χ4n) is 0.962. The molecule has 0 aliphatic heterocycles. The molecule has 6 heteroatoms. The molecule has 0 atom stereocenters. The summed E-state index contributed by atoms with van der Waals surface area (Å²) in [7, 11) is 0. The van der Waals surface area contributed by atoms with E-state index in [0.717, 1.165) is 0 Å². The molecular formula is C11H12ClNO4. The van der Waals surface area contributed by atoms with Gasteiger partial charge in [-0.05, 0) is 26.0 Å². The van der Waals surface area contributed by atoms with Gasteiger partial charge in [0.25, 0.3) is 0 Å². The van der Waals surface area contributed by atoms with E-state index in [-0.39, 0.29) is 10.8 Å². The summed E-state index contributed by atoms with van der Waals surface area (Å²) in [5, 5.41) is 11.3. The number of hydrogen-bond donors (Lipinski definition) is 2. The standard InChI is InChI=1S/C11H12ClNO4/c1-11(2,9(14)15)13-10(16)17-8-6-4-3-5-7(8)12/h3-6H,1-2H3,(H,13,16)(H,14,15). The van der Waals surface area contributed by atoms with Crippen LogP contribution < -0.4 is 10.1 Å². The van der Waals surface area contributed by atoms with E-state index in [1.54, 1.807) is 18.2 Å². The normalized spacial score (nSPS) is 10.8. The molecule has 0 aromatic heterocycles. The van der Waals surface area contributed by atoms with Crippen molar-refractivity contribution < 1.29 is 19.4 Å². The molecule has 0 spiro atoms. The van der Waals surface area contributed by atoms with E-state index >= 15 is 0 Å². The second-order valence-electron chi connectivity index (χ2n) is 3.88. The van der Waals surface area contributed by atoms with E-state index in [9.17, 15) is 9.59 Å². The number of para-hydroxylation sites is 1. The number of carbonyl (C=O) groups excluding carboxylic acids is 1. The van der Waals surface area contributed by atoms with Crippen LogP contribution in [-0.2, 0) is 4.79 Å². The molecule has 0 saturated heterocycles. The van der Waals surface area contributed by atoms with Gasteiger partial charge in [0.1, 0.15) is 5.54 Å². The van der Waals surface area contributed by atoms with E-state index in [1.807, 2.05) is 0 Å². The Morgan fingerprint density at radius 2 is 1.94 bits per heavy atom. The third kappa shape index (κ3) is 3.64. The Kier molecular flexibility index (Phi) is 3.96. The Morgan fingerprint density at radius 1 is 1.35 bits per heavy atom. The summed E-state index contributed by atoms with van der Waals surface area (Å²) in [4.78, 5) is 22.2. The van der Waals surface area contributed by atoms with Crippen molar-refractivity contribution >= 4 is 23.7 Å². The third-order valence-corrected chi connectivity index (χ3v) is 2.30. The van der Waals surface area contributed by atoms with E-state index in [1.165, 1.54) is 19.9 Å². The number of ether oxygens (including phenoxy) is 1. The average molecular weight is 258 g/mol. The van der Waals surface area contributed by atoms with Crippen LogP contribution in [0.1, 0.15) is 13.8 Å². The molecule has 92 valence electrons. The van der Waals surface area contributed by atoms with Crippen LogP contribution in [0, 0.1) is 0 Å². The largest absolute Gasteiger partial charge is 0.480 e. The van der Waals surface area contributed by atoms with Crippen LogP contribution in [0.5, 0.6) is 5.75 Å². The summed E-state index contributed by atoms with van der Waals surface area (Å²) in [5.74, 6) is -0.985. The maximum absolute atomic E-state index is 11.4. The minimum atomic E-state index is -1.40. The molecule has 1 aromatic rings. The molecule has 2 N–H and O–H groups in total. The zero-order valence-electron chi connectivity index (χ0n) is 9.36. The number of carboxylic acid groups (broad SMARTS) is 1. The summed E-state index contributed by atoms with van der Waals surface area (Å²) in [6.07, 6.45) is -0.870. The second-order valence-corrected chi connectivity index (χ2v) is 4.28. The quantitative estimate of drug-likeness (QED) is 0.871. The number of aliphatic carboxylic acids is 1. The number of halogens is 1. The number of rotatable bonds is 3. The van der Waals surface area contributed by atoms with E-state index in [0.29, 0.717) is 0 Å². The topological polar surface area (TPSA) is 75.6 Å². The van der Waals surface area contributed by atoms with Crippen LogP contribution >= 0.6 is 11.6 Å². The number of amides is 1. The molecule has 17 heavy (non-hydrogen) atoms. The zero-order valence-corrected chi connectivity index (χ0v) is 10.1. The van der Waals surface area contributed by atoms with Crippen LogP contribution in [0.3, 0.4) is 0 Å². The lowest BCUT2D eigenvalue weighted by molar-refractivity contribution is -0.143. The summed E-state index contributed by atoms with van der Waals surface area (Å²) < 4.78 is 4.89. The summed E-state index contributed by atoms with van der Waals surface area (Å²) in [5.41, 5.74) is -1.40. The molecule has 0 bridgehead atoms. The second kappa shape index (κ2) is 5.05. The molecule has 0 radical (unpaired) electrons. The van der Waals surface area contributed by atoms with E-state index < -0.39 is 17.6 Å². The number of carboxylic acids is 1. The fraction of sp³-hybridized carbons (Fsp3) is 0.273. The lowest BCUT2D eigenvalue weighted by Crippen LogP contribution is -2.50. The Bertz CT molecular complexity index is 445. The maximum Gasteiger partial charge on any atom is 0.413 e. The van der Waals surface area contributed by atoms with E-state index in [2.05, 4.69) is 5.32 Å². The van der Waals surface area contributed by atoms with Crippen molar-refractivity contribution in [3.63, 3.8) is 0 Å². The predicted octanol–water partition coefficient (Wildman–Crippen LogP) is 2.29. The first-order chi connectivity index (χ1) is 7.83. The average Bonchev–Trinajstić information content (AvgIpc) is 2.20. The van der Waals surface area contributed by atoms with Gasteiger partial charge >= 0.3 is 12.1 Å². The van der Waals surface area contributed by atoms with Crippen molar-refractivity contribution in [1.29, 1.82) is 0 Å². The van der Waals surface area contributed by atoms with E-state index in [4.69, 9.17) is 21.4 Å². The first-order valence-corrected chi connectivity index (χ1v) is 5.18. The van der Waals surface area contributed by atoms with Crippen molar-refractivity contribution in [2.24, 2.45) is 0 Å². The van der Waals surface area contributed by atoms with Gasteiger partial charge in [0.2, 0.25) is 0 Å². The van der Waals surface area contributed by atoms with Crippen LogP contribution in [0.4, 0.5) is 4.79 Å². The van der Waals surface area contributed by atoms with Crippen LogP contribution in [0.15, 0.2) is 24.3 Å². The highest BCUT2D eigenvalue weighted by atomic mass is 35.5. The molecule has 5 nitrogen and oxygen atoms in total. The van der Waals surface area contributed by atoms with Gasteiger partial charge in [-0.1, -0.05) is 23.7 Å². The molecule has 0 unspecified atom stereocenters. The minimum Gasteiger partial charge on any atom is -0.480 e. The van der Waals surface area contributed by atoms with Crippen LogP contribution in [0.2, 0.25) is 5.02 Å². The highest BCUT2D eigenvalue weighted by Gasteiger charge is 2.29. The molecule has 1 rings (SSSR count). The highest BCUT2D eigenvalue weighted by Crippen LogP contribution is 2.23. The van der Waals surface area contributed by atoms with Crippen molar-refractivity contribution in [2.45, 2.75) is 19.4 Å². The summed E-state index contributed by atoms with van der Waals surface area (Å²) in [6.45, 7) is 2.70. The number of carbonyl (C=O) groups is 2. The SMILES string of the molecule is CC(C)(NC(=O)Oc1ccccc1Cl)C(=O)O. The number of benzene rings is 1. The molecular weight excluding hydrogens is 246 g/mol. The first-order valence-electron chi connectivity index (χ1n) is 4.81. The van der Waals surface area contributed by atoms with Crippen molar-refractivity contribution in [1.82, 2.24) is 5.32 Å². The van der Waals surface area contributed by atoms with Gasteiger partial charge in [0.05, 0.1) is 5.02 Å². The Morgan fingerprint density at radius 3 is 2.47 bits per heavy atom. The van der Waals surface area contributed by atoms with Crippen molar-refractivity contribution in [3.05, 3.63) is 29.3 Å². The molecule has 1 amide bonds. The van der Waals surface area contributed by atoms with Gasteiger partial charge in [-0.25, -0.2) is 9.59 Å². The molecule has 0 heterocycles. The van der Waals surface area contributed by atoms with Gasteiger partial charge in [0.15, 0.2) is 5.75 Å². The van der Waals surface area contributed by atoms with Crippen LogP contribution in [-0.4, -0.2) is 22.7 Å². The monoisotopic (exact) mass is 257 g/mol. The molecule has 1 aromatic carbocycles. The fourth-order valence-corrected chi connectivity index (χ4v) is 1.14. The minimum absolute atomic E-state index is 0.174. The summed E-state index contributed by atoms with van der Waals surface area (Å²) in [6, 6.07) is 6.41. The first kappa shape index (κ1) is 13.3. The van der Waals surface area contributed by atoms with Gasteiger partial charge in [0, 0.05) is 0 Å². The predicted molar refractivity (Wildman–Crippen MR) is 62.3 cm³/mol. The molecule has 0 fully saturated rings. The van der Waals surface area contributed by atoms with Crippen LogP contribution in [0.25, 0.3) is 0 Å². The lowest BCUT2D eigenvalue weighted by Gasteiger charge is -2.20. The smallest absolute Gasteiger partial charge is 0.413 e. The number of nitrogens with one attached hydrogen (secondary N) is 1. The Balaban J connectivity index is 2.69. The van der Waals surface area contributed by atoms with Crippen molar-refractivity contribution in [3.8, 4) is 5.75 Å². The van der Waals surface area contributed by atoms with Crippen molar-refractivity contribution in [2.75, 3.05) is 0 Å². The van der Waals surface area contributed by atoms with Gasteiger partial charge in [-0.2, -0.15) is 0 Å². The Hall–Kier alpha value is -1.75.